The van der Waals surface area contributed by atoms with Gasteiger partial charge in [0.05, 0.1) is 18.6 Å². The molecule has 3 aliphatic rings. The van der Waals surface area contributed by atoms with Gasteiger partial charge in [-0.1, -0.05) is 31.4 Å². The minimum absolute atomic E-state index is 0.172. The molecule has 3 fully saturated rings. The molecule has 0 radical (unpaired) electrons. The van der Waals surface area contributed by atoms with Gasteiger partial charge in [-0.2, -0.15) is 0 Å². The van der Waals surface area contributed by atoms with Crippen molar-refractivity contribution in [1.29, 1.82) is 0 Å². The van der Waals surface area contributed by atoms with Crippen molar-refractivity contribution in [3.8, 4) is 0 Å². The van der Waals surface area contributed by atoms with Crippen LogP contribution in [0.15, 0.2) is 24.3 Å². The molecule has 1 spiro atoms. The number of carbonyl (C=O) groups is 3. The van der Waals surface area contributed by atoms with E-state index in [1.165, 1.54) is 12.1 Å². The highest BCUT2D eigenvalue weighted by Crippen LogP contribution is 2.45. The summed E-state index contributed by atoms with van der Waals surface area (Å²) in [6.45, 7) is 0.902. The highest BCUT2D eigenvalue weighted by molar-refractivity contribution is 6.08. The van der Waals surface area contributed by atoms with Crippen LogP contribution in [0.3, 0.4) is 0 Å². The maximum Gasteiger partial charge on any atom is 0.242 e. The molecule has 1 atom stereocenters. The zero-order valence-electron chi connectivity index (χ0n) is 15.9. The maximum absolute atomic E-state index is 13.1. The Morgan fingerprint density at radius 2 is 1.86 bits per heavy atom. The molecule has 6 nitrogen and oxygen atoms in total. The molecule has 0 unspecified atom stereocenters. The smallest absolute Gasteiger partial charge is 0.242 e. The van der Waals surface area contributed by atoms with Crippen LogP contribution in [0.1, 0.15) is 50.2 Å². The summed E-state index contributed by atoms with van der Waals surface area (Å²) in [5.41, 5.74) is 0.227. The van der Waals surface area contributed by atoms with Crippen LogP contribution in [0.5, 0.6) is 0 Å². The predicted octanol–water partition coefficient (Wildman–Crippen LogP) is 2.44. The largest absolute Gasteiger partial charge is 0.370 e. The van der Waals surface area contributed by atoms with Gasteiger partial charge in [0.15, 0.2) is 0 Å². The summed E-state index contributed by atoms with van der Waals surface area (Å²) in [5.74, 6) is -0.974. The van der Waals surface area contributed by atoms with E-state index in [-0.39, 0.29) is 42.6 Å². The van der Waals surface area contributed by atoms with E-state index in [9.17, 15) is 18.8 Å². The van der Waals surface area contributed by atoms with E-state index in [0.29, 0.717) is 19.7 Å². The first-order valence-corrected chi connectivity index (χ1v) is 9.98. The molecule has 1 aliphatic carbocycles. The van der Waals surface area contributed by atoms with Gasteiger partial charge in [-0.15, -0.1) is 0 Å². The molecular weight excluding hydrogens is 363 g/mol. The van der Waals surface area contributed by atoms with Gasteiger partial charge in [0.2, 0.25) is 17.7 Å². The summed E-state index contributed by atoms with van der Waals surface area (Å²) in [4.78, 5) is 41.0. The van der Waals surface area contributed by atoms with Crippen molar-refractivity contribution in [3.05, 3.63) is 35.6 Å². The number of hydrogen-bond donors (Lipinski definition) is 0. The first-order valence-electron chi connectivity index (χ1n) is 9.98. The SMILES string of the molecule is O=C(CN1C(=O)CC2(CCCCC2)C1=O)N1CCO[C@H](c2ccc(F)cc2)C1. The van der Waals surface area contributed by atoms with Gasteiger partial charge in [0.25, 0.3) is 0 Å². The van der Waals surface area contributed by atoms with E-state index in [4.69, 9.17) is 4.74 Å². The summed E-state index contributed by atoms with van der Waals surface area (Å²) in [6, 6.07) is 6.03. The van der Waals surface area contributed by atoms with Gasteiger partial charge in [-0.3, -0.25) is 19.3 Å². The van der Waals surface area contributed by atoms with Crippen LogP contribution in [-0.4, -0.2) is 53.8 Å². The van der Waals surface area contributed by atoms with Gasteiger partial charge in [0, 0.05) is 13.0 Å². The number of hydrogen-bond acceptors (Lipinski definition) is 4. The van der Waals surface area contributed by atoms with Crippen molar-refractivity contribution in [3.63, 3.8) is 0 Å². The standard InChI is InChI=1S/C21H25FN2O4/c22-16-6-4-15(5-7-16)17-13-23(10-11-28-17)19(26)14-24-18(25)12-21(20(24)27)8-2-1-3-9-21/h4-7,17H,1-3,8-14H2/t17-/m0/s1. The predicted molar refractivity (Wildman–Crippen MR) is 98.5 cm³/mol. The second-order valence-corrected chi connectivity index (χ2v) is 8.05. The molecule has 7 heteroatoms. The van der Waals surface area contributed by atoms with E-state index in [0.717, 1.165) is 42.6 Å². The molecule has 1 aromatic rings. The number of benzene rings is 1. The first kappa shape index (κ1) is 19.1. The van der Waals surface area contributed by atoms with Crippen molar-refractivity contribution in [2.75, 3.05) is 26.2 Å². The third-order valence-electron chi connectivity index (χ3n) is 6.25. The second kappa shape index (κ2) is 7.62. The Labute approximate surface area is 163 Å². The average Bonchev–Trinajstić information content (AvgIpc) is 2.93. The van der Waals surface area contributed by atoms with E-state index in [2.05, 4.69) is 0 Å². The zero-order chi connectivity index (χ0) is 19.7. The molecule has 3 amide bonds. The molecule has 28 heavy (non-hydrogen) atoms. The highest BCUT2D eigenvalue weighted by atomic mass is 19.1. The molecule has 0 bridgehead atoms. The monoisotopic (exact) mass is 388 g/mol. The van der Waals surface area contributed by atoms with Gasteiger partial charge >= 0.3 is 0 Å². The number of halogens is 1. The molecule has 0 N–H and O–H groups in total. The lowest BCUT2D eigenvalue weighted by Crippen LogP contribution is -2.48. The van der Waals surface area contributed by atoms with Crippen molar-refractivity contribution < 1.29 is 23.5 Å². The van der Waals surface area contributed by atoms with E-state index in [1.54, 1.807) is 17.0 Å². The zero-order valence-corrected chi connectivity index (χ0v) is 15.9. The normalized spacial score (nSPS) is 24.8. The van der Waals surface area contributed by atoms with Gasteiger partial charge in [-0.05, 0) is 30.5 Å². The van der Waals surface area contributed by atoms with Crippen molar-refractivity contribution >= 4 is 17.7 Å². The summed E-state index contributed by atoms with van der Waals surface area (Å²) in [5, 5.41) is 0. The van der Waals surface area contributed by atoms with E-state index < -0.39 is 5.41 Å². The van der Waals surface area contributed by atoms with Crippen LogP contribution >= 0.6 is 0 Å². The molecule has 4 rings (SSSR count). The topological polar surface area (TPSA) is 66.9 Å². The Kier molecular flexibility index (Phi) is 5.19. The Balaban J connectivity index is 1.41. The number of nitrogens with zero attached hydrogens (tertiary/aromatic N) is 2. The summed E-state index contributed by atoms with van der Waals surface area (Å²) < 4.78 is 18.9. The van der Waals surface area contributed by atoms with Crippen molar-refractivity contribution in [2.45, 2.75) is 44.6 Å². The Morgan fingerprint density at radius 1 is 1.14 bits per heavy atom. The average molecular weight is 388 g/mol. The quantitative estimate of drug-likeness (QED) is 0.746. The van der Waals surface area contributed by atoms with E-state index >= 15 is 0 Å². The number of carbonyl (C=O) groups excluding carboxylic acids is 3. The molecule has 1 saturated carbocycles. The third-order valence-corrected chi connectivity index (χ3v) is 6.25. The lowest BCUT2D eigenvalue weighted by atomic mass is 9.73. The Hall–Kier alpha value is -2.28. The van der Waals surface area contributed by atoms with Crippen molar-refractivity contribution in [1.82, 2.24) is 9.80 Å². The molecule has 0 aromatic heterocycles. The Bertz CT molecular complexity index is 773. The fourth-order valence-corrected chi connectivity index (χ4v) is 4.63. The number of rotatable bonds is 3. The van der Waals surface area contributed by atoms with Crippen LogP contribution in [0, 0.1) is 11.2 Å². The first-order chi connectivity index (χ1) is 13.5. The minimum atomic E-state index is -0.572. The van der Waals surface area contributed by atoms with Crippen LogP contribution in [-0.2, 0) is 19.1 Å². The van der Waals surface area contributed by atoms with Crippen LogP contribution in [0.25, 0.3) is 0 Å². The number of morpholine rings is 1. The summed E-state index contributed by atoms with van der Waals surface area (Å²) in [6.07, 6.45) is 4.40. The maximum atomic E-state index is 13.1. The molecule has 2 saturated heterocycles. The number of amides is 3. The fraction of sp³-hybridized carbons (Fsp3) is 0.571. The molecule has 150 valence electrons. The highest BCUT2D eigenvalue weighted by Gasteiger charge is 2.52. The second-order valence-electron chi connectivity index (χ2n) is 8.05. The van der Waals surface area contributed by atoms with Crippen LogP contribution in [0.4, 0.5) is 4.39 Å². The van der Waals surface area contributed by atoms with Crippen LogP contribution < -0.4 is 0 Å². The Morgan fingerprint density at radius 3 is 2.57 bits per heavy atom. The van der Waals surface area contributed by atoms with Gasteiger partial charge in [0.1, 0.15) is 18.5 Å². The minimum Gasteiger partial charge on any atom is -0.370 e. The summed E-state index contributed by atoms with van der Waals surface area (Å²) in [7, 11) is 0. The van der Waals surface area contributed by atoms with Crippen LogP contribution in [0.2, 0.25) is 0 Å². The molecule has 1 aromatic carbocycles. The van der Waals surface area contributed by atoms with Gasteiger partial charge in [-0.25, -0.2) is 4.39 Å². The lowest BCUT2D eigenvalue weighted by molar-refractivity contribution is -0.150. The van der Waals surface area contributed by atoms with Crippen molar-refractivity contribution in [2.24, 2.45) is 5.41 Å². The number of likely N-dealkylation sites (tertiary alicyclic amines) is 1. The lowest BCUT2D eigenvalue weighted by Gasteiger charge is -2.34. The third kappa shape index (κ3) is 3.55. The summed E-state index contributed by atoms with van der Waals surface area (Å²) >= 11 is 0. The number of ether oxygens (including phenoxy) is 1. The van der Waals surface area contributed by atoms with Gasteiger partial charge < -0.3 is 9.64 Å². The molecule has 2 heterocycles. The van der Waals surface area contributed by atoms with E-state index in [1.807, 2.05) is 0 Å². The molecule has 2 aliphatic heterocycles. The fourth-order valence-electron chi connectivity index (χ4n) is 4.63. The molecular formula is C21H25FN2O4. The number of imide groups is 1.